The number of rotatable bonds is 4. The molecule has 1 aliphatic heterocycles. The summed E-state index contributed by atoms with van der Waals surface area (Å²) in [7, 11) is 1.57. The molecule has 0 aromatic heterocycles. The van der Waals surface area contributed by atoms with E-state index < -0.39 is 16.7 Å². The number of carbonyl (C=O) groups is 2. The Morgan fingerprint density at radius 1 is 1.38 bits per heavy atom. The number of carbonyl (C=O) groups excluding carboxylic acids is 2. The minimum absolute atomic E-state index is 0.122. The summed E-state index contributed by atoms with van der Waals surface area (Å²) < 4.78 is 4.73. The van der Waals surface area contributed by atoms with Crippen LogP contribution in [-0.2, 0) is 4.79 Å². The van der Waals surface area contributed by atoms with E-state index in [1.54, 1.807) is 48.0 Å². The van der Waals surface area contributed by atoms with Crippen LogP contribution in [0.25, 0.3) is 0 Å². The lowest BCUT2D eigenvalue weighted by Gasteiger charge is -2.31. The number of thioether (sulfide) groups is 1. The molecule has 1 aromatic carbocycles. The zero-order valence-electron chi connectivity index (χ0n) is 14.7. The predicted molar refractivity (Wildman–Crippen MR) is 97.1 cm³/mol. The molecule has 0 saturated carbocycles. The van der Waals surface area contributed by atoms with Gasteiger partial charge in [0.1, 0.15) is 11.8 Å². The van der Waals surface area contributed by atoms with Gasteiger partial charge in [0.15, 0.2) is 0 Å². The van der Waals surface area contributed by atoms with Crippen LogP contribution >= 0.6 is 11.8 Å². The fourth-order valence-corrected chi connectivity index (χ4v) is 4.56. The Balaban J connectivity index is 2.30. The quantitative estimate of drug-likeness (QED) is 0.873. The van der Waals surface area contributed by atoms with Gasteiger partial charge in [0.25, 0.3) is 0 Å². The first-order chi connectivity index (χ1) is 11.2. The zero-order valence-corrected chi connectivity index (χ0v) is 15.5. The number of hydrogen-bond acceptors (Lipinski definition) is 4. The molecule has 0 spiro atoms. The molecule has 1 saturated heterocycles. The molecule has 1 aliphatic rings. The molecule has 132 valence electrons. The van der Waals surface area contributed by atoms with Crippen LogP contribution in [0.2, 0.25) is 0 Å². The summed E-state index contributed by atoms with van der Waals surface area (Å²) in [4.78, 5) is 26.5. The first kappa shape index (κ1) is 18.4. The third-order valence-electron chi connectivity index (χ3n) is 4.03. The summed E-state index contributed by atoms with van der Waals surface area (Å²) in [5.41, 5.74) is 6.22. The number of primary amides is 1. The van der Waals surface area contributed by atoms with Crippen molar-refractivity contribution in [2.75, 3.05) is 12.4 Å². The highest BCUT2D eigenvalue weighted by molar-refractivity contribution is 8.01. The van der Waals surface area contributed by atoms with Crippen molar-refractivity contribution in [3.8, 4) is 5.75 Å². The Labute approximate surface area is 147 Å². The Hall–Kier alpha value is -1.89. The van der Waals surface area contributed by atoms with Gasteiger partial charge >= 0.3 is 6.03 Å². The van der Waals surface area contributed by atoms with Crippen LogP contribution in [-0.4, -0.2) is 40.1 Å². The van der Waals surface area contributed by atoms with Crippen molar-refractivity contribution in [3.05, 3.63) is 24.3 Å². The van der Waals surface area contributed by atoms with Crippen LogP contribution < -0.4 is 15.8 Å². The number of benzene rings is 1. The third kappa shape index (κ3) is 3.61. The highest BCUT2D eigenvalue weighted by Gasteiger charge is 2.53. The maximum absolute atomic E-state index is 12.9. The number of urea groups is 1. The maximum Gasteiger partial charge on any atom is 0.323 e. The van der Waals surface area contributed by atoms with E-state index in [4.69, 9.17) is 10.5 Å². The number of methoxy groups -OCH3 is 1. The number of hydrogen-bond donors (Lipinski definition) is 2. The standard InChI is InChI=1S/C17H25N3O3S/c1-10(2)15-20(13(14(18)21)17(3,4)24-15)16(22)19-11-7-6-8-12(9-11)23-5/h6-10,13,15H,1-5H3,(H2,18,21)(H,19,22). The van der Waals surface area contributed by atoms with Gasteiger partial charge in [-0.3, -0.25) is 9.69 Å². The van der Waals surface area contributed by atoms with Crippen LogP contribution in [0.4, 0.5) is 10.5 Å². The van der Waals surface area contributed by atoms with E-state index in [-0.39, 0.29) is 17.3 Å². The summed E-state index contributed by atoms with van der Waals surface area (Å²) in [6.45, 7) is 7.95. The highest BCUT2D eigenvalue weighted by atomic mass is 32.2. The monoisotopic (exact) mass is 351 g/mol. The second-order valence-electron chi connectivity index (χ2n) is 6.73. The van der Waals surface area contributed by atoms with Gasteiger partial charge in [0, 0.05) is 16.5 Å². The number of amides is 3. The topological polar surface area (TPSA) is 84.7 Å². The molecule has 2 rings (SSSR count). The van der Waals surface area contributed by atoms with Crippen LogP contribution in [0.1, 0.15) is 27.7 Å². The normalized spacial score (nSPS) is 22.5. The Morgan fingerprint density at radius 2 is 2.04 bits per heavy atom. The van der Waals surface area contributed by atoms with Gasteiger partial charge in [-0.15, -0.1) is 11.8 Å². The first-order valence-corrected chi connectivity index (χ1v) is 8.76. The summed E-state index contributed by atoms with van der Waals surface area (Å²) in [5.74, 6) is 0.349. The highest BCUT2D eigenvalue weighted by Crippen LogP contribution is 2.47. The van der Waals surface area contributed by atoms with Crippen LogP contribution in [0, 0.1) is 5.92 Å². The van der Waals surface area contributed by atoms with Crippen molar-refractivity contribution in [2.24, 2.45) is 11.7 Å². The number of anilines is 1. The van der Waals surface area contributed by atoms with Crippen LogP contribution in [0.3, 0.4) is 0 Å². The maximum atomic E-state index is 12.9. The molecule has 1 fully saturated rings. The summed E-state index contributed by atoms with van der Waals surface area (Å²) in [5, 5.41) is 2.73. The largest absolute Gasteiger partial charge is 0.497 e. The number of nitrogens with zero attached hydrogens (tertiary/aromatic N) is 1. The number of nitrogens with one attached hydrogen (secondary N) is 1. The Bertz CT molecular complexity index is 633. The average Bonchev–Trinajstić information content (AvgIpc) is 2.79. The average molecular weight is 351 g/mol. The summed E-state index contributed by atoms with van der Waals surface area (Å²) in [6.07, 6.45) is 0. The minimum Gasteiger partial charge on any atom is -0.497 e. The van der Waals surface area contributed by atoms with Crippen molar-refractivity contribution >= 4 is 29.4 Å². The zero-order chi connectivity index (χ0) is 18.1. The smallest absolute Gasteiger partial charge is 0.323 e. The Kier molecular flexibility index (Phi) is 5.32. The molecule has 0 bridgehead atoms. The second-order valence-corrected chi connectivity index (χ2v) is 8.50. The van der Waals surface area contributed by atoms with Crippen molar-refractivity contribution in [1.29, 1.82) is 0 Å². The number of ether oxygens (including phenoxy) is 1. The van der Waals surface area contributed by atoms with E-state index in [0.29, 0.717) is 11.4 Å². The molecular weight excluding hydrogens is 326 g/mol. The Morgan fingerprint density at radius 3 is 2.58 bits per heavy atom. The van der Waals surface area contributed by atoms with Gasteiger partial charge in [-0.25, -0.2) is 4.79 Å². The molecule has 1 heterocycles. The summed E-state index contributed by atoms with van der Waals surface area (Å²) >= 11 is 1.61. The van der Waals surface area contributed by atoms with E-state index in [1.807, 2.05) is 27.7 Å². The van der Waals surface area contributed by atoms with Gasteiger partial charge in [-0.05, 0) is 31.9 Å². The van der Waals surface area contributed by atoms with Crippen molar-refractivity contribution in [3.63, 3.8) is 0 Å². The van der Waals surface area contributed by atoms with E-state index in [0.717, 1.165) is 0 Å². The molecular formula is C17H25N3O3S. The van der Waals surface area contributed by atoms with E-state index in [1.165, 1.54) is 0 Å². The first-order valence-electron chi connectivity index (χ1n) is 7.88. The van der Waals surface area contributed by atoms with Crippen LogP contribution in [0.15, 0.2) is 24.3 Å². The molecule has 3 N–H and O–H groups in total. The van der Waals surface area contributed by atoms with Crippen LogP contribution in [0.5, 0.6) is 5.75 Å². The molecule has 3 amide bonds. The third-order valence-corrected chi connectivity index (χ3v) is 5.87. The van der Waals surface area contributed by atoms with Crippen molar-refractivity contribution < 1.29 is 14.3 Å². The fourth-order valence-electron chi connectivity index (χ4n) is 2.97. The molecule has 0 radical (unpaired) electrons. The fraction of sp³-hybridized carbons (Fsp3) is 0.529. The predicted octanol–water partition coefficient (Wildman–Crippen LogP) is 2.89. The van der Waals surface area contributed by atoms with E-state index in [2.05, 4.69) is 5.32 Å². The lowest BCUT2D eigenvalue weighted by atomic mass is 10.0. The summed E-state index contributed by atoms with van der Waals surface area (Å²) in [6, 6.07) is 6.11. The SMILES string of the molecule is COc1cccc(NC(=O)N2C(C(C)C)SC(C)(C)C2C(N)=O)c1. The number of nitrogens with two attached hydrogens (primary N) is 1. The van der Waals surface area contributed by atoms with Gasteiger partial charge in [-0.1, -0.05) is 19.9 Å². The minimum atomic E-state index is -0.666. The van der Waals surface area contributed by atoms with Gasteiger partial charge in [-0.2, -0.15) is 0 Å². The van der Waals surface area contributed by atoms with E-state index in [9.17, 15) is 9.59 Å². The molecule has 7 heteroatoms. The van der Waals surface area contributed by atoms with Crippen molar-refractivity contribution in [2.45, 2.75) is 43.9 Å². The molecule has 2 unspecified atom stereocenters. The van der Waals surface area contributed by atoms with Gasteiger partial charge in [0.2, 0.25) is 5.91 Å². The van der Waals surface area contributed by atoms with Crippen molar-refractivity contribution in [1.82, 2.24) is 4.90 Å². The molecule has 6 nitrogen and oxygen atoms in total. The lowest BCUT2D eigenvalue weighted by molar-refractivity contribution is -0.122. The van der Waals surface area contributed by atoms with Gasteiger partial charge < -0.3 is 15.8 Å². The molecule has 24 heavy (non-hydrogen) atoms. The molecule has 1 aromatic rings. The van der Waals surface area contributed by atoms with E-state index >= 15 is 0 Å². The van der Waals surface area contributed by atoms with Gasteiger partial charge in [0.05, 0.1) is 12.5 Å². The second kappa shape index (κ2) is 6.93. The lowest BCUT2D eigenvalue weighted by Crippen LogP contribution is -2.55. The molecule has 0 aliphatic carbocycles. The molecule has 2 atom stereocenters.